The van der Waals surface area contributed by atoms with Gasteiger partial charge in [0.05, 0.1) is 0 Å². The number of para-hydroxylation sites is 1. The lowest BCUT2D eigenvalue weighted by Crippen LogP contribution is -2.50. The van der Waals surface area contributed by atoms with Gasteiger partial charge < -0.3 is 15.1 Å². The van der Waals surface area contributed by atoms with Crippen molar-refractivity contribution in [2.75, 3.05) is 37.0 Å². The average molecular weight is 321 g/mol. The van der Waals surface area contributed by atoms with Gasteiger partial charge in [0.25, 0.3) is 0 Å². The summed E-state index contributed by atoms with van der Waals surface area (Å²) in [5.41, 5.74) is 1.25. The number of rotatable bonds is 5. The van der Waals surface area contributed by atoms with Crippen molar-refractivity contribution in [3.8, 4) is 0 Å². The number of likely N-dealkylation sites (tertiary alicyclic amines) is 1. The van der Waals surface area contributed by atoms with Crippen LogP contribution in [0, 0.1) is 0 Å². The number of hydrogen-bond acceptors (Lipinski definition) is 3. The maximum absolute atomic E-state index is 12.2. The third-order valence-electron chi connectivity index (χ3n) is 4.25. The van der Waals surface area contributed by atoms with Crippen molar-refractivity contribution in [1.82, 2.24) is 10.2 Å². The number of anilines is 1. The Kier molecular flexibility index (Phi) is 6.43. The Balaban J connectivity index is 1.81. The number of hydrogen-bond donors (Lipinski definition) is 1. The van der Waals surface area contributed by atoms with E-state index in [1.54, 1.807) is 11.8 Å². The van der Waals surface area contributed by atoms with Crippen LogP contribution in [0.1, 0.15) is 19.8 Å². The van der Waals surface area contributed by atoms with Crippen LogP contribution in [0.4, 0.5) is 10.5 Å². The highest BCUT2D eigenvalue weighted by Crippen LogP contribution is 2.21. The molecule has 1 N–H and O–H groups in total. The Morgan fingerprint density at radius 3 is 2.59 bits per heavy atom. The van der Waals surface area contributed by atoms with Crippen LogP contribution in [0.2, 0.25) is 0 Å². The van der Waals surface area contributed by atoms with E-state index in [0.29, 0.717) is 6.04 Å². The zero-order chi connectivity index (χ0) is 15.9. The molecule has 1 heterocycles. The van der Waals surface area contributed by atoms with E-state index in [-0.39, 0.29) is 12.1 Å². The van der Waals surface area contributed by atoms with Gasteiger partial charge in [-0.25, -0.2) is 4.79 Å². The molecule has 1 aromatic carbocycles. The Morgan fingerprint density at radius 1 is 1.36 bits per heavy atom. The van der Waals surface area contributed by atoms with Gasteiger partial charge in [-0.3, -0.25) is 0 Å². The molecule has 5 heteroatoms. The Morgan fingerprint density at radius 2 is 2.00 bits per heavy atom. The molecule has 0 saturated carbocycles. The first kappa shape index (κ1) is 17.0. The molecule has 1 aromatic rings. The lowest BCUT2D eigenvalue weighted by Gasteiger charge is -2.38. The van der Waals surface area contributed by atoms with E-state index < -0.39 is 0 Å². The molecule has 122 valence electrons. The first-order valence-corrected chi connectivity index (χ1v) is 9.33. The summed E-state index contributed by atoms with van der Waals surface area (Å²) in [6.45, 7) is 3.73. The van der Waals surface area contributed by atoms with Crippen LogP contribution in [-0.4, -0.2) is 55.2 Å². The highest BCUT2D eigenvalue weighted by atomic mass is 32.2. The van der Waals surface area contributed by atoms with Gasteiger partial charge in [0.1, 0.15) is 0 Å². The molecule has 0 radical (unpaired) electrons. The van der Waals surface area contributed by atoms with Gasteiger partial charge in [-0.15, -0.1) is 0 Å². The molecule has 0 aliphatic carbocycles. The lowest BCUT2D eigenvalue weighted by atomic mass is 10.0. The van der Waals surface area contributed by atoms with E-state index in [9.17, 15) is 4.79 Å². The van der Waals surface area contributed by atoms with Crippen molar-refractivity contribution in [1.29, 1.82) is 0 Å². The molecule has 1 saturated heterocycles. The van der Waals surface area contributed by atoms with Crippen molar-refractivity contribution >= 4 is 23.5 Å². The minimum Gasteiger partial charge on any atom is -0.371 e. The first-order chi connectivity index (χ1) is 10.6. The molecule has 0 unspecified atom stereocenters. The maximum Gasteiger partial charge on any atom is 0.317 e. The maximum atomic E-state index is 12.2. The standard InChI is InChI=1S/C17H27N3OS/c1-14(13-22-3)18-17(21)20-11-9-16(10-12-20)19(2)15-7-5-4-6-8-15/h4-8,14,16H,9-13H2,1-3H3,(H,18,21)/t14-/m1/s1. The third kappa shape index (κ3) is 4.57. The number of amides is 2. The number of carbonyl (C=O) groups is 1. The Hall–Kier alpha value is -1.36. The second-order valence-electron chi connectivity index (χ2n) is 5.97. The molecule has 1 atom stereocenters. The number of urea groups is 1. The predicted molar refractivity (Wildman–Crippen MR) is 95.8 cm³/mol. The van der Waals surface area contributed by atoms with Crippen LogP contribution in [0.25, 0.3) is 0 Å². The van der Waals surface area contributed by atoms with Gasteiger partial charge in [-0.1, -0.05) is 18.2 Å². The van der Waals surface area contributed by atoms with E-state index in [0.717, 1.165) is 31.7 Å². The van der Waals surface area contributed by atoms with Crippen molar-refractivity contribution in [2.24, 2.45) is 0 Å². The average Bonchev–Trinajstić information content (AvgIpc) is 2.55. The zero-order valence-electron chi connectivity index (χ0n) is 13.8. The fraction of sp³-hybridized carbons (Fsp3) is 0.588. The van der Waals surface area contributed by atoms with E-state index in [1.165, 1.54) is 5.69 Å². The summed E-state index contributed by atoms with van der Waals surface area (Å²) in [6, 6.07) is 11.3. The third-order valence-corrected chi connectivity index (χ3v) is 5.08. The molecule has 4 nitrogen and oxygen atoms in total. The highest BCUT2D eigenvalue weighted by Gasteiger charge is 2.25. The molecule has 2 amide bonds. The largest absolute Gasteiger partial charge is 0.371 e. The van der Waals surface area contributed by atoms with Gasteiger partial charge >= 0.3 is 6.03 Å². The molecule has 1 aliphatic rings. The van der Waals surface area contributed by atoms with E-state index >= 15 is 0 Å². The predicted octanol–water partition coefficient (Wildman–Crippen LogP) is 3.05. The van der Waals surface area contributed by atoms with Gasteiger partial charge in [0, 0.05) is 43.7 Å². The van der Waals surface area contributed by atoms with Crippen LogP contribution in [0.5, 0.6) is 0 Å². The minimum atomic E-state index is 0.0855. The Bertz CT molecular complexity index is 460. The summed E-state index contributed by atoms with van der Waals surface area (Å²) in [5.74, 6) is 0.957. The second kappa shape index (κ2) is 8.32. The molecular formula is C17H27N3OS. The molecule has 22 heavy (non-hydrogen) atoms. The van der Waals surface area contributed by atoms with Crippen molar-refractivity contribution in [3.63, 3.8) is 0 Å². The first-order valence-electron chi connectivity index (χ1n) is 7.94. The van der Waals surface area contributed by atoms with Crippen molar-refractivity contribution in [3.05, 3.63) is 30.3 Å². The van der Waals surface area contributed by atoms with Gasteiger partial charge in [0.15, 0.2) is 0 Å². The van der Waals surface area contributed by atoms with Gasteiger partial charge in [-0.05, 0) is 38.2 Å². The van der Waals surface area contributed by atoms with E-state index in [1.807, 2.05) is 11.0 Å². The summed E-state index contributed by atoms with van der Waals surface area (Å²) in [7, 11) is 2.15. The SMILES string of the molecule is CSC[C@@H](C)NC(=O)N1CCC(N(C)c2ccccc2)CC1. The van der Waals surface area contributed by atoms with Crippen molar-refractivity contribution in [2.45, 2.75) is 31.8 Å². The smallest absolute Gasteiger partial charge is 0.317 e. The fourth-order valence-corrected chi connectivity index (χ4v) is 3.51. The second-order valence-corrected chi connectivity index (χ2v) is 6.88. The number of nitrogens with zero attached hydrogens (tertiary/aromatic N) is 2. The molecule has 0 spiro atoms. The van der Waals surface area contributed by atoms with E-state index in [4.69, 9.17) is 0 Å². The summed E-state index contributed by atoms with van der Waals surface area (Å²) in [4.78, 5) is 16.5. The summed E-state index contributed by atoms with van der Waals surface area (Å²) < 4.78 is 0. The monoisotopic (exact) mass is 321 g/mol. The van der Waals surface area contributed by atoms with Crippen molar-refractivity contribution < 1.29 is 4.79 Å². The molecule has 2 rings (SSSR count). The van der Waals surface area contributed by atoms with Crippen LogP contribution in [0.3, 0.4) is 0 Å². The number of benzene rings is 1. The molecule has 1 fully saturated rings. The highest BCUT2D eigenvalue weighted by molar-refractivity contribution is 7.98. The van der Waals surface area contributed by atoms with Crippen LogP contribution in [-0.2, 0) is 0 Å². The number of piperidine rings is 1. The molecular weight excluding hydrogens is 294 g/mol. The molecule has 1 aliphatic heterocycles. The number of thioether (sulfide) groups is 1. The normalized spacial score (nSPS) is 17.1. The van der Waals surface area contributed by atoms with E-state index in [2.05, 4.69) is 54.7 Å². The molecule has 0 bridgehead atoms. The zero-order valence-corrected chi connectivity index (χ0v) is 14.6. The Labute approximate surface area is 138 Å². The summed E-state index contributed by atoms with van der Waals surface area (Å²) in [5, 5.41) is 3.08. The van der Waals surface area contributed by atoms with Gasteiger partial charge in [-0.2, -0.15) is 11.8 Å². The van der Waals surface area contributed by atoms with Gasteiger partial charge in [0.2, 0.25) is 0 Å². The summed E-state index contributed by atoms with van der Waals surface area (Å²) in [6.07, 6.45) is 4.11. The van der Waals surface area contributed by atoms with Crippen LogP contribution < -0.4 is 10.2 Å². The van der Waals surface area contributed by atoms with Crippen LogP contribution >= 0.6 is 11.8 Å². The van der Waals surface area contributed by atoms with Crippen LogP contribution in [0.15, 0.2) is 30.3 Å². The lowest BCUT2D eigenvalue weighted by molar-refractivity contribution is 0.179. The number of carbonyl (C=O) groups excluding carboxylic acids is 1. The topological polar surface area (TPSA) is 35.6 Å². The fourth-order valence-electron chi connectivity index (χ4n) is 2.92. The quantitative estimate of drug-likeness (QED) is 0.905. The summed E-state index contributed by atoms with van der Waals surface area (Å²) >= 11 is 1.76. The minimum absolute atomic E-state index is 0.0855. The number of nitrogens with one attached hydrogen (secondary N) is 1. The molecule has 0 aromatic heterocycles.